The van der Waals surface area contributed by atoms with Crippen molar-refractivity contribution in [3.05, 3.63) is 71.3 Å². The highest BCUT2D eigenvalue weighted by Gasteiger charge is 2.11. The number of aliphatic hydroxyl groups is 1. The van der Waals surface area contributed by atoms with Crippen LogP contribution < -0.4 is 0 Å². The number of ether oxygens (including phenoxy) is 1. The molecule has 108 valence electrons. The summed E-state index contributed by atoms with van der Waals surface area (Å²) in [5.74, 6) is 6.27. The Morgan fingerprint density at radius 2 is 1.48 bits per heavy atom. The van der Waals surface area contributed by atoms with Gasteiger partial charge in [0.25, 0.3) is 0 Å². The first-order valence-corrected chi connectivity index (χ1v) is 6.99. The lowest BCUT2D eigenvalue weighted by atomic mass is 10.1. The summed E-state index contributed by atoms with van der Waals surface area (Å²) in [5.41, 5.74) is 2.27. The molecular weight excluding hydrogens is 260 g/mol. The van der Waals surface area contributed by atoms with Gasteiger partial charge in [-0.2, -0.15) is 0 Å². The lowest BCUT2D eigenvalue weighted by Crippen LogP contribution is -2.25. The van der Waals surface area contributed by atoms with E-state index in [1.165, 1.54) is 0 Å². The second-order valence-corrected chi connectivity index (χ2v) is 5.62. The average molecular weight is 280 g/mol. The molecule has 1 N–H and O–H groups in total. The first-order valence-electron chi connectivity index (χ1n) is 6.99. The second-order valence-electron chi connectivity index (χ2n) is 5.62. The van der Waals surface area contributed by atoms with Crippen molar-refractivity contribution in [2.75, 3.05) is 6.61 Å². The van der Waals surface area contributed by atoms with E-state index in [1.54, 1.807) is 13.8 Å². The third-order valence-electron chi connectivity index (χ3n) is 2.80. The van der Waals surface area contributed by atoms with Crippen LogP contribution in [0.25, 0.3) is 0 Å². The third kappa shape index (κ3) is 5.83. The topological polar surface area (TPSA) is 29.5 Å². The van der Waals surface area contributed by atoms with Gasteiger partial charge in [-0.1, -0.05) is 42.2 Å². The van der Waals surface area contributed by atoms with E-state index in [0.717, 1.165) is 16.7 Å². The number of rotatable bonds is 4. The molecule has 2 rings (SSSR count). The SMILES string of the molecule is CC(C)(O)COCc1ccc(C#Cc2ccccc2)cc1. The molecule has 2 nitrogen and oxygen atoms in total. The number of benzene rings is 2. The smallest absolute Gasteiger partial charge is 0.0824 e. The molecule has 0 atom stereocenters. The summed E-state index contributed by atoms with van der Waals surface area (Å²) in [6.45, 7) is 4.28. The summed E-state index contributed by atoms with van der Waals surface area (Å²) in [6.07, 6.45) is 0. The maximum absolute atomic E-state index is 9.57. The van der Waals surface area contributed by atoms with Gasteiger partial charge in [-0.15, -0.1) is 0 Å². The molecule has 0 saturated carbocycles. The van der Waals surface area contributed by atoms with Gasteiger partial charge in [0, 0.05) is 11.1 Å². The Morgan fingerprint density at radius 3 is 2.05 bits per heavy atom. The molecule has 0 amide bonds. The molecule has 0 unspecified atom stereocenters. The Kier molecular flexibility index (Phi) is 5.16. The van der Waals surface area contributed by atoms with Crippen LogP contribution in [0.4, 0.5) is 0 Å². The Hall–Kier alpha value is -2.08. The van der Waals surface area contributed by atoms with E-state index in [9.17, 15) is 5.11 Å². The van der Waals surface area contributed by atoms with Crippen molar-refractivity contribution < 1.29 is 9.84 Å². The van der Waals surface area contributed by atoms with Crippen LogP contribution in [0, 0.1) is 11.8 Å². The van der Waals surface area contributed by atoms with Gasteiger partial charge in [0.15, 0.2) is 0 Å². The minimum Gasteiger partial charge on any atom is -0.388 e. The fraction of sp³-hybridized carbons (Fsp3) is 0.263. The van der Waals surface area contributed by atoms with Crippen molar-refractivity contribution in [1.82, 2.24) is 0 Å². The first kappa shape index (κ1) is 15.3. The van der Waals surface area contributed by atoms with Gasteiger partial charge < -0.3 is 9.84 Å². The van der Waals surface area contributed by atoms with Crippen LogP contribution in [0.1, 0.15) is 30.5 Å². The molecule has 2 heteroatoms. The zero-order valence-electron chi connectivity index (χ0n) is 12.5. The Morgan fingerprint density at radius 1 is 0.905 bits per heavy atom. The summed E-state index contributed by atoms with van der Waals surface area (Å²) in [6, 6.07) is 17.9. The minimum atomic E-state index is -0.791. The van der Waals surface area contributed by atoms with Crippen LogP contribution in [0.3, 0.4) is 0 Å². The Labute approximate surface area is 126 Å². The van der Waals surface area contributed by atoms with Gasteiger partial charge in [-0.05, 0) is 43.7 Å². The van der Waals surface area contributed by atoms with Crippen molar-refractivity contribution >= 4 is 0 Å². The van der Waals surface area contributed by atoms with Crippen molar-refractivity contribution in [3.8, 4) is 11.8 Å². The van der Waals surface area contributed by atoms with E-state index in [0.29, 0.717) is 13.2 Å². The molecule has 0 fully saturated rings. The Balaban J connectivity index is 1.92. The lowest BCUT2D eigenvalue weighted by Gasteiger charge is -2.16. The van der Waals surface area contributed by atoms with Crippen LogP contribution in [-0.2, 0) is 11.3 Å². The molecule has 0 aliphatic heterocycles. The normalized spacial score (nSPS) is 10.8. The predicted molar refractivity (Wildman–Crippen MR) is 84.8 cm³/mol. The van der Waals surface area contributed by atoms with Gasteiger partial charge in [-0.25, -0.2) is 0 Å². The molecule has 21 heavy (non-hydrogen) atoms. The van der Waals surface area contributed by atoms with Crippen molar-refractivity contribution in [2.45, 2.75) is 26.1 Å². The maximum Gasteiger partial charge on any atom is 0.0824 e. The fourth-order valence-corrected chi connectivity index (χ4v) is 1.77. The average Bonchev–Trinajstić information content (AvgIpc) is 2.46. The molecule has 2 aromatic rings. The van der Waals surface area contributed by atoms with E-state index in [1.807, 2.05) is 54.6 Å². The maximum atomic E-state index is 9.57. The first-order chi connectivity index (χ1) is 10.0. The van der Waals surface area contributed by atoms with E-state index >= 15 is 0 Å². The van der Waals surface area contributed by atoms with Crippen LogP contribution in [0.2, 0.25) is 0 Å². The highest BCUT2D eigenvalue weighted by molar-refractivity contribution is 5.43. The minimum absolute atomic E-state index is 0.322. The van der Waals surface area contributed by atoms with Crippen molar-refractivity contribution in [1.29, 1.82) is 0 Å². The largest absolute Gasteiger partial charge is 0.388 e. The summed E-state index contributed by atoms with van der Waals surface area (Å²) in [4.78, 5) is 0. The zero-order valence-corrected chi connectivity index (χ0v) is 12.5. The molecule has 0 aromatic heterocycles. The summed E-state index contributed by atoms with van der Waals surface area (Å²) in [5, 5.41) is 9.57. The van der Waals surface area contributed by atoms with Crippen molar-refractivity contribution in [3.63, 3.8) is 0 Å². The highest BCUT2D eigenvalue weighted by Crippen LogP contribution is 2.08. The molecule has 2 aromatic carbocycles. The molecule has 0 radical (unpaired) electrons. The van der Waals surface area contributed by atoms with Gasteiger partial charge >= 0.3 is 0 Å². The molecular formula is C19H20O2. The third-order valence-corrected chi connectivity index (χ3v) is 2.80. The van der Waals surface area contributed by atoms with Gasteiger partial charge in [0.05, 0.1) is 18.8 Å². The van der Waals surface area contributed by atoms with Crippen LogP contribution in [0.15, 0.2) is 54.6 Å². The van der Waals surface area contributed by atoms with Crippen LogP contribution >= 0.6 is 0 Å². The van der Waals surface area contributed by atoms with E-state index in [4.69, 9.17) is 4.74 Å². The summed E-state index contributed by atoms with van der Waals surface area (Å²) < 4.78 is 5.47. The van der Waals surface area contributed by atoms with Gasteiger partial charge in [0.1, 0.15) is 0 Å². The van der Waals surface area contributed by atoms with Crippen molar-refractivity contribution in [2.24, 2.45) is 0 Å². The number of hydrogen-bond donors (Lipinski definition) is 1. The van der Waals surface area contributed by atoms with E-state index in [-0.39, 0.29) is 0 Å². The zero-order chi connectivity index (χ0) is 15.1. The summed E-state index contributed by atoms with van der Waals surface area (Å²) >= 11 is 0. The lowest BCUT2D eigenvalue weighted by molar-refractivity contribution is -0.0268. The van der Waals surface area contributed by atoms with Crippen LogP contribution in [-0.4, -0.2) is 17.3 Å². The van der Waals surface area contributed by atoms with E-state index < -0.39 is 5.60 Å². The Bertz CT molecular complexity index is 611. The molecule has 0 aliphatic carbocycles. The fourth-order valence-electron chi connectivity index (χ4n) is 1.77. The quantitative estimate of drug-likeness (QED) is 0.870. The summed E-state index contributed by atoms with van der Waals surface area (Å²) in [7, 11) is 0. The molecule has 0 spiro atoms. The molecule has 0 heterocycles. The van der Waals surface area contributed by atoms with Crippen LogP contribution in [0.5, 0.6) is 0 Å². The highest BCUT2D eigenvalue weighted by atomic mass is 16.5. The van der Waals surface area contributed by atoms with Gasteiger partial charge in [0.2, 0.25) is 0 Å². The van der Waals surface area contributed by atoms with Gasteiger partial charge in [-0.3, -0.25) is 0 Å². The number of hydrogen-bond acceptors (Lipinski definition) is 2. The molecule has 0 bridgehead atoms. The second kappa shape index (κ2) is 7.08. The standard InChI is InChI=1S/C19H20O2/c1-19(2,20)15-21-14-18-12-10-17(11-13-18)9-8-16-6-4-3-5-7-16/h3-7,10-13,20H,14-15H2,1-2H3. The molecule has 0 saturated heterocycles. The van der Waals surface area contributed by atoms with E-state index in [2.05, 4.69) is 11.8 Å². The molecule has 0 aliphatic rings. The monoisotopic (exact) mass is 280 g/mol. The predicted octanol–water partition coefficient (Wildman–Crippen LogP) is 3.37.